The summed E-state index contributed by atoms with van der Waals surface area (Å²) in [5.74, 6) is 0. The van der Waals surface area contributed by atoms with Crippen LogP contribution in [0.1, 0.15) is 37.3 Å². The van der Waals surface area contributed by atoms with E-state index in [0.29, 0.717) is 6.42 Å². The first-order valence-corrected chi connectivity index (χ1v) is 5.79. The van der Waals surface area contributed by atoms with E-state index in [1.54, 1.807) is 18.6 Å². The van der Waals surface area contributed by atoms with E-state index >= 15 is 0 Å². The Morgan fingerprint density at radius 3 is 2.53 bits per heavy atom. The lowest BCUT2D eigenvalue weighted by Gasteiger charge is -2.15. The molecule has 17 heavy (non-hydrogen) atoms. The van der Waals surface area contributed by atoms with Crippen molar-refractivity contribution < 1.29 is 5.11 Å². The maximum Gasteiger partial charge on any atom is 0.0996 e. The van der Waals surface area contributed by atoms with Crippen LogP contribution in [-0.4, -0.2) is 19.9 Å². The van der Waals surface area contributed by atoms with Crippen LogP contribution in [-0.2, 0) is 6.42 Å². The quantitative estimate of drug-likeness (QED) is 0.877. The Morgan fingerprint density at radius 1 is 1.18 bits per heavy atom. The van der Waals surface area contributed by atoms with Crippen molar-refractivity contribution in [2.75, 3.05) is 0 Å². The van der Waals surface area contributed by atoms with Crippen molar-refractivity contribution in [3.8, 4) is 0 Å². The van der Waals surface area contributed by atoms with Crippen LogP contribution in [0.3, 0.4) is 0 Å². The van der Waals surface area contributed by atoms with Crippen LogP contribution < -0.4 is 0 Å². The molecule has 0 amide bonds. The number of rotatable bonds is 4. The molecule has 2 heterocycles. The summed E-state index contributed by atoms with van der Waals surface area (Å²) in [7, 11) is 0. The average Bonchev–Trinajstić information content (AvgIpc) is 2.79. The van der Waals surface area contributed by atoms with Crippen LogP contribution in [0.5, 0.6) is 0 Å². The molecule has 1 N–H and O–H groups in total. The first-order valence-electron chi connectivity index (χ1n) is 5.79. The smallest absolute Gasteiger partial charge is 0.0996 e. The largest absolute Gasteiger partial charge is 0.386 e. The highest BCUT2D eigenvalue weighted by atomic mass is 16.3. The van der Waals surface area contributed by atoms with E-state index in [0.717, 1.165) is 11.3 Å². The SMILES string of the molecule is CC(C)n1nccc1C(O)Cc1ccncc1. The van der Waals surface area contributed by atoms with Crippen LogP contribution in [0.4, 0.5) is 0 Å². The summed E-state index contributed by atoms with van der Waals surface area (Å²) in [6, 6.07) is 5.96. The minimum Gasteiger partial charge on any atom is -0.386 e. The molecular formula is C13H17N3O. The lowest BCUT2D eigenvalue weighted by molar-refractivity contribution is 0.164. The summed E-state index contributed by atoms with van der Waals surface area (Å²) >= 11 is 0. The van der Waals surface area contributed by atoms with Crippen LogP contribution in [0, 0.1) is 0 Å². The summed E-state index contributed by atoms with van der Waals surface area (Å²) in [6.07, 6.45) is 5.26. The Balaban J connectivity index is 2.15. The molecule has 0 saturated carbocycles. The third-order valence-electron chi connectivity index (χ3n) is 2.71. The second-order valence-electron chi connectivity index (χ2n) is 4.37. The van der Waals surface area contributed by atoms with Crippen molar-refractivity contribution in [3.05, 3.63) is 48.0 Å². The van der Waals surface area contributed by atoms with Crippen molar-refractivity contribution in [2.45, 2.75) is 32.4 Å². The standard InChI is InChI=1S/C13H17N3O/c1-10(2)16-12(5-8-15-16)13(17)9-11-3-6-14-7-4-11/h3-8,10,13,17H,9H2,1-2H3. The number of hydrogen-bond donors (Lipinski definition) is 1. The highest BCUT2D eigenvalue weighted by Crippen LogP contribution is 2.20. The minimum absolute atomic E-state index is 0.257. The van der Waals surface area contributed by atoms with Gasteiger partial charge < -0.3 is 5.11 Å². The molecule has 4 nitrogen and oxygen atoms in total. The molecule has 0 bridgehead atoms. The molecule has 0 aliphatic carbocycles. The first kappa shape index (κ1) is 11.8. The van der Waals surface area contributed by atoms with Crippen molar-refractivity contribution in [2.24, 2.45) is 0 Å². The summed E-state index contributed by atoms with van der Waals surface area (Å²) in [6.45, 7) is 4.10. The van der Waals surface area contributed by atoms with Gasteiger partial charge in [-0.25, -0.2) is 0 Å². The molecule has 0 aliphatic rings. The molecule has 2 aromatic rings. The van der Waals surface area contributed by atoms with Gasteiger partial charge in [0.15, 0.2) is 0 Å². The average molecular weight is 231 g/mol. The zero-order valence-electron chi connectivity index (χ0n) is 10.1. The van der Waals surface area contributed by atoms with Gasteiger partial charge in [0.1, 0.15) is 0 Å². The van der Waals surface area contributed by atoms with Gasteiger partial charge in [-0.1, -0.05) is 0 Å². The molecule has 0 fully saturated rings. The number of aliphatic hydroxyl groups is 1. The van der Waals surface area contributed by atoms with E-state index in [1.807, 2.05) is 22.9 Å². The van der Waals surface area contributed by atoms with Gasteiger partial charge in [0, 0.05) is 31.1 Å². The summed E-state index contributed by atoms with van der Waals surface area (Å²) in [5.41, 5.74) is 1.93. The molecule has 1 atom stereocenters. The fraction of sp³-hybridized carbons (Fsp3) is 0.385. The lowest BCUT2D eigenvalue weighted by atomic mass is 10.1. The predicted molar refractivity (Wildman–Crippen MR) is 65.5 cm³/mol. The molecule has 1 unspecified atom stereocenters. The molecule has 0 saturated heterocycles. The van der Waals surface area contributed by atoms with E-state index in [4.69, 9.17) is 0 Å². The van der Waals surface area contributed by atoms with Gasteiger partial charge in [-0.3, -0.25) is 9.67 Å². The van der Waals surface area contributed by atoms with Gasteiger partial charge in [0.25, 0.3) is 0 Å². The molecule has 4 heteroatoms. The van der Waals surface area contributed by atoms with E-state index in [9.17, 15) is 5.11 Å². The van der Waals surface area contributed by atoms with E-state index in [2.05, 4.69) is 23.9 Å². The first-order chi connectivity index (χ1) is 8.18. The van der Waals surface area contributed by atoms with Crippen molar-refractivity contribution in [1.29, 1.82) is 0 Å². The van der Waals surface area contributed by atoms with E-state index in [1.165, 1.54) is 0 Å². The van der Waals surface area contributed by atoms with Crippen LogP contribution in [0.25, 0.3) is 0 Å². The van der Waals surface area contributed by atoms with Crippen LogP contribution in [0.2, 0.25) is 0 Å². The topological polar surface area (TPSA) is 50.9 Å². The molecule has 90 valence electrons. The lowest BCUT2D eigenvalue weighted by Crippen LogP contribution is -2.12. The molecule has 2 aromatic heterocycles. The Morgan fingerprint density at radius 2 is 1.88 bits per heavy atom. The molecular weight excluding hydrogens is 214 g/mol. The third-order valence-corrected chi connectivity index (χ3v) is 2.71. The number of nitrogens with zero attached hydrogens (tertiary/aromatic N) is 3. The second-order valence-corrected chi connectivity index (χ2v) is 4.37. The normalized spacial score (nSPS) is 12.9. The van der Waals surface area contributed by atoms with Gasteiger partial charge in [0.2, 0.25) is 0 Å². The fourth-order valence-electron chi connectivity index (χ4n) is 1.87. The third kappa shape index (κ3) is 2.71. The zero-order chi connectivity index (χ0) is 12.3. The van der Waals surface area contributed by atoms with Gasteiger partial charge in [-0.05, 0) is 37.6 Å². The van der Waals surface area contributed by atoms with Gasteiger partial charge >= 0.3 is 0 Å². The highest BCUT2D eigenvalue weighted by Gasteiger charge is 2.15. The minimum atomic E-state index is -0.526. The molecule has 0 radical (unpaired) electrons. The summed E-state index contributed by atoms with van der Waals surface area (Å²) in [4.78, 5) is 3.96. The van der Waals surface area contributed by atoms with E-state index < -0.39 is 6.10 Å². The molecule has 2 rings (SSSR count). The van der Waals surface area contributed by atoms with Gasteiger partial charge in [-0.2, -0.15) is 5.10 Å². The van der Waals surface area contributed by atoms with E-state index in [-0.39, 0.29) is 6.04 Å². The number of aliphatic hydroxyl groups excluding tert-OH is 1. The Hall–Kier alpha value is -1.68. The van der Waals surface area contributed by atoms with Crippen molar-refractivity contribution in [3.63, 3.8) is 0 Å². The van der Waals surface area contributed by atoms with Crippen LogP contribution >= 0.6 is 0 Å². The Labute approximate surface area is 101 Å². The summed E-state index contributed by atoms with van der Waals surface area (Å²) < 4.78 is 1.85. The second kappa shape index (κ2) is 5.10. The predicted octanol–water partition coefficient (Wildman–Crippen LogP) is 2.14. The number of aromatic nitrogens is 3. The Kier molecular flexibility index (Phi) is 3.54. The summed E-state index contributed by atoms with van der Waals surface area (Å²) in [5, 5.41) is 14.4. The van der Waals surface area contributed by atoms with Crippen LogP contribution in [0.15, 0.2) is 36.8 Å². The van der Waals surface area contributed by atoms with Gasteiger partial charge in [-0.15, -0.1) is 0 Å². The van der Waals surface area contributed by atoms with Crippen molar-refractivity contribution >= 4 is 0 Å². The molecule has 0 aromatic carbocycles. The monoisotopic (exact) mass is 231 g/mol. The van der Waals surface area contributed by atoms with Gasteiger partial charge in [0.05, 0.1) is 11.8 Å². The number of pyridine rings is 1. The maximum absolute atomic E-state index is 10.2. The number of hydrogen-bond acceptors (Lipinski definition) is 3. The maximum atomic E-state index is 10.2. The highest BCUT2D eigenvalue weighted by molar-refractivity contribution is 5.15. The molecule has 0 aliphatic heterocycles. The zero-order valence-corrected chi connectivity index (χ0v) is 10.1. The van der Waals surface area contributed by atoms with Crippen molar-refractivity contribution in [1.82, 2.24) is 14.8 Å². The fourth-order valence-corrected chi connectivity index (χ4v) is 1.87. The molecule has 0 spiro atoms. The Bertz CT molecular complexity index is 465.